The van der Waals surface area contributed by atoms with Gasteiger partial charge in [-0.15, -0.1) is 0 Å². The van der Waals surface area contributed by atoms with Crippen molar-refractivity contribution in [1.29, 1.82) is 0 Å². The maximum Gasteiger partial charge on any atom is 0.200 e. The highest BCUT2D eigenvalue weighted by molar-refractivity contribution is 6.42. The lowest BCUT2D eigenvalue weighted by molar-refractivity contribution is 0.388. The smallest absolute Gasteiger partial charge is 0.200 e. The second-order valence-electron chi connectivity index (χ2n) is 13.4. The summed E-state index contributed by atoms with van der Waals surface area (Å²) in [6.07, 6.45) is 12.7. The van der Waals surface area contributed by atoms with Gasteiger partial charge in [0.2, 0.25) is 11.9 Å². The van der Waals surface area contributed by atoms with E-state index in [-0.39, 0.29) is 0 Å². The minimum atomic E-state index is 0.326. The molecule has 0 aromatic heterocycles. The van der Waals surface area contributed by atoms with E-state index in [1.807, 2.05) is 24.3 Å². The number of aliphatic imine (C=N–C) groups is 4. The Morgan fingerprint density at radius 2 is 0.852 bits per heavy atom. The summed E-state index contributed by atoms with van der Waals surface area (Å²) in [5, 5.41) is 8.67. The highest BCUT2D eigenvalue weighted by Gasteiger charge is 2.14. The number of guanidine groups is 4. The maximum atomic E-state index is 6.38. The molecule has 0 bridgehead atoms. The van der Waals surface area contributed by atoms with E-state index < -0.39 is 0 Å². The number of benzene rings is 2. The van der Waals surface area contributed by atoms with Gasteiger partial charge in [0.15, 0.2) is 11.9 Å². The van der Waals surface area contributed by atoms with E-state index in [0.29, 0.717) is 58.2 Å². The molecule has 0 aliphatic heterocycles. The molecule has 0 saturated carbocycles. The molecule has 2 aromatic carbocycles. The Morgan fingerprint density at radius 1 is 0.500 bits per heavy atom. The molecule has 2 rings (SSSR count). The summed E-state index contributed by atoms with van der Waals surface area (Å²) in [4.78, 5) is 23.7. The van der Waals surface area contributed by atoms with Crippen LogP contribution in [-0.4, -0.2) is 72.9 Å². The van der Waals surface area contributed by atoms with Crippen LogP contribution in [0.5, 0.6) is 0 Å². The lowest BCUT2D eigenvalue weighted by Crippen LogP contribution is -2.48. The SMILES string of the molecule is CCCCN(CCCC)C(=NCCCCCCN=C(NC(N)=NCc1ccc(Cl)c(Cl)c1)N(CCCC)CCCC)NC(N)=NCc1ccc(Cl)c(Cl)c1. The number of nitrogens with two attached hydrogens (primary N) is 2. The monoisotopic (exact) mass is 824 g/mol. The largest absolute Gasteiger partial charge is 0.370 e. The maximum absolute atomic E-state index is 6.38. The average Bonchev–Trinajstić information content (AvgIpc) is 3.16. The van der Waals surface area contributed by atoms with Crippen LogP contribution in [0, 0.1) is 0 Å². The second-order valence-corrected chi connectivity index (χ2v) is 15.0. The first-order valence-electron chi connectivity index (χ1n) is 19.7. The van der Waals surface area contributed by atoms with Crippen molar-refractivity contribution in [3.8, 4) is 0 Å². The molecular weight excluding hydrogens is 762 g/mol. The second kappa shape index (κ2) is 28.5. The highest BCUT2D eigenvalue weighted by Crippen LogP contribution is 2.24. The predicted molar refractivity (Wildman–Crippen MR) is 236 cm³/mol. The van der Waals surface area contributed by atoms with Crippen molar-refractivity contribution < 1.29 is 0 Å². The number of nitrogens with zero attached hydrogens (tertiary/aromatic N) is 6. The Labute approximate surface area is 345 Å². The minimum absolute atomic E-state index is 0.326. The molecule has 0 fully saturated rings. The number of rotatable bonds is 23. The lowest BCUT2D eigenvalue weighted by atomic mass is 10.2. The van der Waals surface area contributed by atoms with E-state index in [2.05, 4.69) is 58.1 Å². The van der Waals surface area contributed by atoms with Gasteiger partial charge in [0.1, 0.15) is 0 Å². The molecule has 0 atom stereocenters. The number of unbranched alkanes of at least 4 members (excludes halogenated alkanes) is 7. The van der Waals surface area contributed by atoms with E-state index in [9.17, 15) is 0 Å². The first-order valence-corrected chi connectivity index (χ1v) is 21.2. The highest BCUT2D eigenvalue weighted by atomic mass is 35.5. The van der Waals surface area contributed by atoms with Crippen LogP contribution in [-0.2, 0) is 13.1 Å². The Balaban J connectivity index is 2.05. The Kier molecular flexibility index (Phi) is 24.9. The summed E-state index contributed by atoms with van der Waals surface area (Å²) in [7, 11) is 0. The van der Waals surface area contributed by atoms with E-state index >= 15 is 0 Å². The van der Waals surface area contributed by atoms with Gasteiger partial charge in [-0.25, -0.2) is 9.98 Å². The van der Waals surface area contributed by atoms with Gasteiger partial charge in [0.05, 0.1) is 33.2 Å². The molecule has 14 heteroatoms. The van der Waals surface area contributed by atoms with E-state index in [0.717, 1.165) is 126 Å². The molecule has 0 heterocycles. The third-order valence-electron chi connectivity index (χ3n) is 8.63. The molecule has 2 aromatic rings. The molecule has 0 unspecified atom stereocenters. The Morgan fingerprint density at radius 3 is 1.17 bits per heavy atom. The van der Waals surface area contributed by atoms with Crippen LogP contribution in [0.3, 0.4) is 0 Å². The van der Waals surface area contributed by atoms with Gasteiger partial charge in [-0.1, -0.05) is 125 Å². The van der Waals surface area contributed by atoms with E-state index in [4.69, 9.17) is 67.9 Å². The van der Waals surface area contributed by atoms with Gasteiger partial charge in [-0.3, -0.25) is 20.6 Å². The van der Waals surface area contributed by atoms with Gasteiger partial charge >= 0.3 is 0 Å². The zero-order valence-electron chi connectivity index (χ0n) is 33.0. The third-order valence-corrected chi connectivity index (χ3v) is 10.1. The van der Waals surface area contributed by atoms with Crippen LogP contribution in [0.4, 0.5) is 0 Å². The minimum Gasteiger partial charge on any atom is -0.370 e. The van der Waals surface area contributed by atoms with Crippen LogP contribution in [0.2, 0.25) is 20.1 Å². The summed E-state index contributed by atoms with van der Waals surface area (Å²) in [5.74, 6) is 2.22. The van der Waals surface area contributed by atoms with Crippen molar-refractivity contribution in [3.63, 3.8) is 0 Å². The summed E-state index contributed by atoms with van der Waals surface area (Å²) in [5.41, 5.74) is 14.6. The first kappa shape index (κ1) is 47.2. The fourth-order valence-electron chi connectivity index (χ4n) is 5.36. The van der Waals surface area contributed by atoms with Gasteiger partial charge < -0.3 is 21.3 Å². The van der Waals surface area contributed by atoms with Crippen molar-refractivity contribution in [2.45, 2.75) is 118 Å². The fraction of sp³-hybridized carbons (Fsp3) is 0.600. The molecule has 0 aliphatic rings. The molecule has 0 spiro atoms. The fourth-order valence-corrected chi connectivity index (χ4v) is 6.01. The first-order chi connectivity index (χ1) is 26.1. The summed E-state index contributed by atoms with van der Waals surface area (Å²) in [6.45, 7) is 14.6. The molecule has 6 N–H and O–H groups in total. The lowest BCUT2D eigenvalue weighted by Gasteiger charge is -2.26. The summed E-state index contributed by atoms with van der Waals surface area (Å²) in [6, 6.07) is 11.0. The number of hydrogen-bond acceptors (Lipinski definition) is 4. The van der Waals surface area contributed by atoms with Crippen LogP contribution < -0.4 is 22.1 Å². The van der Waals surface area contributed by atoms with Crippen LogP contribution in [0.25, 0.3) is 0 Å². The normalized spacial score (nSPS) is 12.7. The predicted octanol–water partition coefficient (Wildman–Crippen LogP) is 9.89. The van der Waals surface area contributed by atoms with Gasteiger partial charge in [0.25, 0.3) is 0 Å². The Bertz CT molecular complexity index is 1360. The molecule has 10 nitrogen and oxygen atoms in total. The van der Waals surface area contributed by atoms with E-state index in [1.54, 1.807) is 12.1 Å². The van der Waals surface area contributed by atoms with Gasteiger partial charge in [-0.05, 0) is 73.9 Å². The van der Waals surface area contributed by atoms with Crippen LogP contribution in [0.15, 0.2) is 56.4 Å². The van der Waals surface area contributed by atoms with E-state index in [1.165, 1.54) is 0 Å². The average molecular weight is 827 g/mol. The standard InChI is InChI=1S/C40H64Cl4N10/c1-5-9-23-53(24-10-6-2)39(51-37(45)49-29-31-17-19-33(41)35(43)27-31)47-21-15-13-14-16-22-48-40(54(25-11-7-3)26-12-8-4)52-38(46)50-30-32-18-20-34(42)36(44)28-32/h17-20,27-28H,5-16,21-26,29-30H2,1-4H3,(H3,45,47,49,51)(H3,46,48,50,52). The molecule has 54 heavy (non-hydrogen) atoms. The van der Waals surface area contributed by atoms with Crippen molar-refractivity contribution in [2.75, 3.05) is 39.3 Å². The van der Waals surface area contributed by atoms with Gasteiger partial charge in [-0.2, -0.15) is 0 Å². The zero-order chi connectivity index (χ0) is 39.6. The summed E-state index contributed by atoms with van der Waals surface area (Å²) >= 11 is 24.6. The Hall–Kier alpha value is -2.92. The number of hydrogen-bond donors (Lipinski definition) is 4. The van der Waals surface area contributed by atoms with Crippen molar-refractivity contribution in [2.24, 2.45) is 31.4 Å². The quantitative estimate of drug-likeness (QED) is 0.0501. The molecule has 0 amide bonds. The van der Waals surface area contributed by atoms with Crippen LogP contribution in [0.1, 0.15) is 116 Å². The molecular formula is C40H64Cl4N10. The molecule has 302 valence electrons. The number of halogens is 4. The molecule has 0 aliphatic carbocycles. The topological polar surface area (TPSA) is 132 Å². The third kappa shape index (κ3) is 19.6. The van der Waals surface area contributed by atoms with Crippen LogP contribution >= 0.6 is 46.4 Å². The zero-order valence-corrected chi connectivity index (χ0v) is 36.0. The molecule has 0 saturated heterocycles. The van der Waals surface area contributed by atoms with Gasteiger partial charge in [0, 0.05) is 39.3 Å². The molecule has 0 radical (unpaired) electrons. The van der Waals surface area contributed by atoms with Crippen molar-refractivity contribution in [1.82, 2.24) is 20.4 Å². The summed E-state index contributed by atoms with van der Waals surface area (Å²) < 4.78 is 0. The van der Waals surface area contributed by atoms with Crippen molar-refractivity contribution >= 4 is 70.2 Å². The van der Waals surface area contributed by atoms with Crippen molar-refractivity contribution in [3.05, 3.63) is 67.6 Å². The number of nitrogens with one attached hydrogen (secondary N) is 2.